The Morgan fingerprint density at radius 3 is 2.60 bits per heavy atom. The van der Waals surface area contributed by atoms with Crippen LogP contribution < -0.4 is 10.2 Å². The van der Waals surface area contributed by atoms with E-state index in [1.54, 1.807) is 13.2 Å². The Bertz CT molecular complexity index is 570. The van der Waals surface area contributed by atoms with Crippen LogP contribution in [0.25, 0.3) is 10.9 Å². The molecule has 0 bridgehead atoms. The summed E-state index contributed by atoms with van der Waals surface area (Å²) in [5, 5.41) is 0.678. The molecule has 0 saturated heterocycles. The molecule has 0 radical (unpaired) electrons. The first-order valence-corrected chi connectivity index (χ1v) is 4.80. The number of pyridine rings is 1. The number of rotatable bonds is 1. The summed E-state index contributed by atoms with van der Waals surface area (Å²) in [5.41, 5.74) is 2.67. The molecule has 0 unspecified atom stereocenters. The van der Waals surface area contributed by atoms with E-state index < -0.39 is 0 Å². The van der Waals surface area contributed by atoms with Gasteiger partial charge < -0.3 is 9.72 Å². The fraction of sp³-hybridized carbons (Fsp3) is 0.250. The van der Waals surface area contributed by atoms with Crippen LogP contribution in [0.3, 0.4) is 0 Å². The summed E-state index contributed by atoms with van der Waals surface area (Å²) in [6, 6.07) is 5.38. The summed E-state index contributed by atoms with van der Waals surface area (Å²) >= 11 is 0. The zero-order valence-corrected chi connectivity index (χ0v) is 9.05. The van der Waals surface area contributed by atoms with Crippen molar-refractivity contribution in [2.24, 2.45) is 0 Å². The monoisotopic (exact) mass is 203 g/mol. The molecule has 0 saturated carbocycles. The maximum Gasteiger partial charge on any atom is 0.189 e. The number of methoxy groups -OCH3 is 1. The van der Waals surface area contributed by atoms with Gasteiger partial charge in [0.25, 0.3) is 0 Å². The summed E-state index contributed by atoms with van der Waals surface area (Å²) in [6.07, 6.45) is 0. The molecule has 0 amide bonds. The number of aromatic nitrogens is 1. The van der Waals surface area contributed by atoms with Crippen LogP contribution in [0, 0.1) is 13.8 Å². The molecular formula is C12H13NO2. The van der Waals surface area contributed by atoms with E-state index in [0.717, 1.165) is 16.8 Å². The Hall–Kier alpha value is -1.77. The molecule has 1 aromatic heterocycles. The molecule has 0 atom stereocenters. The minimum Gasteiger partial charge on any atom is -0.495 e. The smallest absolute Gasteiger partial charge is 0.189 e. The molecule has 0 aliphatic heterocycles. The average molecular weight is 203 g/mol. The third-order valence-electron chi connectivity index (χ3n) is 2.40. The van der Waals surface area contributed by atoms with Crippen molar-refractivity contribution in [1.82, 2.24) is 4.98 Å². The van der Waals surface area contributed by atoms with E-state index in [4.69, 9.17) is 4.74 Å². The van der Waals surface area contributed by atoms with Crippen LogP contribution in [0.1, 0.15) is 11.3 Å². The first-order valence-electron chi connectivity index (χ1n) is 4.80. The molecule has 0 aliphatic carbocycles. The van der Waals surface area contributed by atoms with Crippen molar-refractivity contribution in [3.05, 3.63) is 39.7 Å². The highest BCUT2D eigenvalue weighted by Crippen LogP contribution is 2.23. The molecule has 2 aromatic rings. The number of hydrogen-bond acceptors (Lipinski definition) is 2. The van der Waals surface area contributed by atoms with Crippen LogP contribution >= 0.6 is 0 Å². The second kappa shape index (κ2) is 3.42. The van der Waals surface area contributed by atoms with Crippen molar-refractivity contribution in [1.29, 1.82) is 0 Å². The molecular weight excluding hydrogens is 190 g/mol. The lowest BCUT2D eigenvalue weighted by Crippen LogP contribution is -2.04. The van der Waals surface area contributed by atoms with Crippen LogP contribution in [0.4, 0.5) is 0 Å². The Morgan fingerprint density at radius 2 is 1.93 bits per heavy atom. The zero-order chi connectivity index (χ0) is 11.0. The molecule has 1 N–H and O–H groups in total. The van der Waals surface area contributed by atoms with Gasteiger partial charge in [0, 0.05) is 17.1 Å². The minimum atomic E-state index is 0.0308. The van der Waals surface area contributed by atoms with E-state index in [0.29, 0.717) is 11.1 Å². The highest BCUT2D eigenvalue weighted by Gasteiger charge is 2.06. The molecule has 3 heteroatoms. The summed E-state index contributed by atoms with van der Waals surface area (Å²) in [4.78, 5) is 14.9. The van der Waals surface area contributed by atoms with Gasteiger partial charge in [0.1, 0.15) is 5.75 Å². The summed E-state index contributed by atoms with van der Waals surface area (Å²) in [5.74, 6) is 0.714. The molecule has 1 aromatic carbocycles. The minimum absolute atomic E-state index is 0.0308. The second-order valence-corrected chi connectivity index (χ2v) is 3.71. The summed E-state index contributed by atoms with van der Waals surface area (Å²) in [6.45, 7) is 3.81. The van der Waals surface area contributed by atoms with E-state index in [9.17, 15) is 4.79 Å². The molecule has 2 rings (SSSR count). The van der Waals surface area contributed by atoms with E-state index in [-0.39, 0.29) is 5.43 Å². The third-order valence-corrected chi connectivity index (χ3v) is 2.40. The fourth-order valence-corrected chi connectivity index (χ4v) is 1.75. The van der Waals surface area contributed by atoms with Gasteiger partial charge in [0.2, 0.25) is 0 Å². The van der Waals surface area contributed by atoms with Gasteiger partial charge in [0.15, 0.2) is 5.43 Å². The molecule has 0 fully saturated rings. The Balaban J connectivity index is 2.96. The lowest BCUT2D eigenvalue weighted by atomic mass is 10.1. The standard InChI is InChI=1S/C12H13NO2/c1-7-4-9-10(14)6-8(2)13-12(9)11(5-7)15-3/h4-6H,1-3H3,(H,13,14). The second-order valence-electron chi connectivity index (χ2n) is 3.71. The van der Waals surface area contributed by atoms with Gasteiger partial charge >= 0.3 is 0 Å². The fourth-order valence-electron chi connectivity index (χ4n) is 1.75. The normalized spacial score (nSPS) is 10.6. The first-order chi connectivity index (χ1) is 7.11. The molecule has 0 aliphatic rings. The molecule has 1 heterocycles. The Labute approximate surface area is 87.7 Å². The van der Waals surface area contributed by atoms with Gasteiger partial charge in [-0.1, -0.05) is 0 Å². The highest BCUT2D eigenvalue weighted by molar-refractivity contribution is 5.85. The van der Waals surface area contributed by atoms with Crippen molar-refractivity contribution in [3.63, 3.8) is 0 Å². The largest absolute Gasteiger partial charge is 0.495 e. The van der Waals surface area contributed by atoms with E-state index in [2.05, 4.69) is 4.98 Å². The van der Waals surface area contributed by atoms with Crippen molar-refractivity contribution in [2.45, 2.75) is 13.8 Å². The zero-order valence-electron chi connectivity index (χ0n) is 9.05. The quantitative estimate of drug-likeness (QED) is 0.771. The summed E-state index contributed by atoms with van der Waals surface area (Å²) in [7, 11) is 1.61. The van der Waals surface area contributed by atoms with Crippen LogP contribution in [0.5, 0.6) is 5.75 Å². The lowest BCUT2D eigenvalue weighted by molar-refractivity contribution is 0.418. The van der Waals surface area contributed by atoms with Gasteiger partial charge in [-0.05, 0) is 31.5 Å². The number of benzene rings is 1. The molecule has 0 spiro atoms. The Morgan fingerprint density at radius 1 is 1.20 bits per heavy atom. The topological polar surface area (TPSA) is 42.1 Å². The maximum absolute atomic E-state index is 11.7. The molecule has 3 nitrogen and oxygen atoms in total. The van der Waals surface area contributed by atoms with Gasteiger partial charge in [0.05, 0.1) is 12.6 Å². The van der Waals surface area contributed by atoms with E-state index in [1.165, 1.54) is 0 Å². The van der Waals surface area contributed by atoms with Crippen LogP contribution in [0.2, 0.25) is 0 Å². The van der Waals surface area contributed by atoms with Gasteiger partial charge in [-0.2, -0.15) is 0 Å². The number of hydrogen-bond donors (Lipinski definition) is 1. The van der Waals surface area contributed by atoms with Gasteiger partial charge in [-0.3, -0.25) is 4.79 Å². The highest BCUT2D eigenvalue weighted by atomic mass is 16.5. The number of aryl methyl sites for hydroxylation is 2. The predicted molar refractivity (Wildman–Crippen MR) is 60.6 cm³/mol. The molecule has 15 heavy (non-hydrogen) atoms. The van der Waals surface area contributed by atoms with Gasteiger partial charge in [-0.15, -0.1) is 0 Å². The number of aromatic amines is 1. The first kappa shape index (κ1) is 9.77. The molecule has 78 valence electrons. The predicted octanol–water partition coefficient (Wildman–Crippen LogP) is 2.15. The van der Waals surface area contributed by atoms with Crippen LogP contribution in [0.15, 0.2) is 23.0 Å². The van der Waals surface area contributed by atoms with E-state index >= 15 is 0 Å². The average Bonchev–Trinajstić information content (AvgIpc) is 2.18. The number of ether oxygens (including phenoxy) is 1. The lowest BCUT2D eigenvalue weighted by Gasteiger charge is -2.07. The SMILES string of the molecule is COc1cc(C)cc2c(=O)cc(C)[nH]c12. The van der Waals surface area contributed by atoms with Crippen LogP contribution in [-0.4, -0.2) is 12.1 Å². The third kappa shape index (κ3) is 1.61. The van der Waals surface area contributed by atoms with Crippen molar-refractivity contribution in [2.75, 3.05) is 7.11 Å². The van der Waals surface area contributed by atoms with Crippen LogP contribution in [-0.2, 0) is 0 Å². The van der Waals surface area contributed by atoms with Crippen molar-refractivity contribution < 1.29 is 4.74 Å². The van der Waals surface area contributed by atoms with Gasteiger partial charge in [-0.25, -0.2) is 0 Å². The van der Waals surface area contributed by atoms with Crippen molar-refractivity contribution >= 4 is 10.9 Å². The number of fused-ring (bicyclic) bond motifs is 1. The number of H-pyrrole nitrogens is 1. The maximum atomic E-state index is 11.7. The Kier molecular flexibility index (Phi) is 2.23. The van der Waals surface area contributed by atoms with E-state index in [1.807, 2.05) is 26.0 Å². The number of nitrogens with one attached hydrogen (secondary N) is 1. The van der Waals surface area contributed by atoms with Crippen molar-refractivity contribution in [3.8, 4) is 5.75 Å². The summed E-state index contributed by atoms with van der Waals surface area (Å²) < 4.78 is 5.25.